The minimum atomic E-state index is -0.213. The average molecular weight is 307 g/mol. The molecule has 1 aromatic carbocycles. The summed E-state index contributed by atoms with van der Waals surface area (Å²) in [5.74, 6) is 0.220. The topological polar surface area (TPSA) is 86.8 Å². The predicted octanol–water partition coefficient (Wildman–Crippen LogP) is 1.38. The molecule has 1 aliphatic rings. The number of amides is 1. The number of hydrogen-bond donors (Lipinski definition) is 2. The quantitative estimate of drug-likeness (QED) is 0.891. The lowest BCUT2D eigenvalue weighted by Crippen LogP contribution is -2.24. The fourth-order valence-corrected chi connectivity index (χ4v) is 2.68. The summed E-state index contributed by atoms with van der Waals surface area (Å²) in [7, 11) is 0. The Labute approximate surface area is 126 Å². The number of H-pyrrole nitrogens is 1. The van der Waals surface area contributed by atoms with Crippen molar-refractivity contribution in [3.8, 4) is 0 Å². The van der Waals surface area contributed by atoms with Crippen molar-refractivity contribution in [2.24, 2.45) is 0 Å². The number of rotatable bonds is 4. The lowest BCUT2D eigenvalue weighted by molar-refractivity contribution is 0.0950. The monoisotopic (exact) mass is 306 g/mol. The first kappa shape index (κ1) is 13.8. The van der Waals surface area contributed by atoms with Crippen LogP contribution in [0.15, 0.2) is 18.2 Å². The van der Waals surface area contributed by atoms with Crippen LogP contribution >= 0.6 is 11.6 Å². The maximum Gasteiger partial charge on any atom is 0.251 e. The van der Waals surface area contributed by atoms with Gasteiger partial charge in [-0.05, 0) is 31.0 Å². The second-order valence-electron chi connectivity index (χ2n) is 4.87. The van der Waals surface area contributed by atoms with Crippen LogP contribution in [0.3, 0.4) is 0 Å². The van der Waals surface area contributed by atoms with Crippen molar-refractivity contribution in [1.29, 1.82) is 0 Å². The number of nitrogens with zero attached hydrogens (tertiary/aromatic N) is 4. The summed E-state index contributed by atoms with van der Waals surface area (Å²) in [6, 6.07) is 5.38. The van der Waals surface area contributed by atoms with Gasteiger partial charge in [0.1, 0.15) is 0 Å². The molecule has 0 spiro atoms. The van der Waals surface area contributed by atoms with Crippen LogP contribution in [-0.2, 0) is 6.54 Å². The molecule has 0 bridgehead atoms. The van der Waals surface area contributed by atoms with Crippen LogP contribution in [0.4, 0.5) is 5.69 Å². The highest BCUT2D eigenvalue weighted by molar-refractivity contribution is 6.33. The summed E-state index contributed by atoms with van der Waals surface area (Å²) in [5.41, 5.74) is 1.51. The van der Waals surface area contributed by atoms with E-state index >= 15 is 0 Å². The fraction of sp³-hybridized carbons (Fsp3) is 0.385. The zero-order valence-electron chi connectivity index (χ0n) is 11.3. The van der Waals surface area contributed by atoms with Crippen molar-refractivity contribution in [1.82, 2.24) is 25.9 Å². The molecule has 2 N–H and O–H groups in total. The van der Waals surface area contributed by atoms with Gasteiger partial charge in [-0.3, -0.25) is 4.79 Å². The predicted molar refractivity (Wildman–Crippen MR) is 78.2 cm³/mol. The number of benzene rings is 1. The third kappa shape index (κ3) is 3.13. The number of aromatic amines is 1. The van der Waals surface area contributed by atoms with E-state index in [1.54, 1.807) is 12.1 Å². The van der Waals surface area contributed by atoms with E-state index in [2.05, 4.69) is 30.8 Å². The lowest BCUT2D eigenvalue weighted by atomic mass is 10.2. The molecule has 1 aliphatic heterocycles. The first-order chi connectivity index (χ1) is 10.2. The summed E-state index contributed by atoms with van der Waals surface area (Å²) in [5, 5.41) is 16.6. The molecule has 1 amide bonds. The molecular formula is C13H15ClN6O. The molecule has 21 heavy (non-hydrogen) atoms. The molecule has 3 rings (SSSR count). The number of nitrogens with one attached hydrogen (secondary N) is 2. The molecule has 2 heterocycles. The van der Waals surface area contributed by atoms with Crippen LogP contribution < -0.4 is 10.2 Å². The summed E-state index contributed by atoms with van der Waals surface area (Å²) in [6.07, 6.45) is 2.37. The summed E-state index contributed by atoms with van der Waals surface area (Å²) in [4.78, 5) is 14.3. The standard InChI is InChI=1S/C13H15ClN6O/c14-10-7-9(3-4-11(10)20-5-1-2-6-20)13(21)15-8-12-16-18-19-17-12/h3-4,7H,1-2,5-6,8H2,(H,15,21)(H,16,17,18,19). The smallest absolute Gasteiger partial charge is 0.251 e. The van der Waals surface area contributed by atoms with Crippen molar-refractivity contribution in [2.75, 3.05) is 18.0 Å². The zero-order chi connectivity index (χ0) is 14.7. The SMILES string of the molecule is O=C(NCc1nn[nH]n1)c1ccc(N2CCCC2)c(Cl)c1. The minimum absolute atomic E-state index is 0.213. The number of carbonyl (C=O) groups is 1. The van der Waals surface area contributed by atoms with Crippen LogP contribution in [0.5, 0.6) is 0 Å². The summed E-state index contributed by atoms with van der Waals surface area (Å²) < 4.78 is 0. The molecule has 0 radical (unpaired) electrons. The minimum Gasteiger partial charge on any atom is -0.370 e. The molecule has 1 aromatic heterocycles. The van der Waals surface area contributed by atoms with Crippen LogP contribution in [-0.4, -0.2) is 39.6 Å². The van der Waals surface area contributed by atoms with Gasteiger partial charge in [-0.1, -0.05) is 16.8 Å². The number of carbonyl (C=O) groups excluding carboxylic acids is 1. The van der Waals surface area contributed by atoms with Crippen molar-refractivity contribution < 1.29 is 4.79 Å². The molecule has 0 unspecified atom stereocenters. The first-order valence-electron chi connectivity index (χ1n) is 6.79. The van der Waals surface area contributed by atoms with E-state index in [1.165, 1.54) is 12.8 Å². The second kappa shape index (κ2) is 6.09. The van der Waals surface area contributed by atoms with E-state index in [0.717, 1.165) is 18.8 Å². The Balaban J connectivity index is 1.67. The molecule has 0 atom stereocenters. The number of aromatic nitrogens is 4. The molecule has 0 saturated carbocycles. The van der Waals surface area contributed by atoms with Crippen LogP contribution in [0.25, 0.3) is 0 Å². The Bertz CT molecular complexity index is 624. The Morgan fingerprint density at radius 3 is 2.86 bits per heavy atom. The van der Waals surface area contributed by atoms with Gasteiger partial charge in [-0.25, -0.2) is 0 Å². The molecule has 110 valence electrons. The Morgan fingerprint density at radius 1 is 1.38 bits per heavy atom. The van der Waals surface area contributed by atoms with Crippen molar-refractivity contribution >= 4 is 23.2 Å². The molecule has 1 fully saturated rings. The first-order valence-corrected chi connectivity index (χ1v) is 7.17. The molecule has 8 heteroatoms. The third-order valence-corrected chi connectivity index (χ3v) is 3.76. The van der Waals surface area contributed by atoms with E-state index in [-0.39, 0.29) is 12.5 Å². The molecule has 7 nitrogen and oxygen atoms in total. The van der Waals surface area contributed by atoms with Gasteiger partial charge >= 0.3 is 0 Å². The highest BCUT2D eigenvalue weighted by Gasteiger charge is 2.16. The largest absolute Gasteiger partial charge is 0.370 e. The molecule has 2 aromatic rings. The Kier molecular flexibility index (Phi) is 4.01. The van der Waals surface area contributed by atoms with Gasteiger partial charge in [-0.15, -0.1) is 10.2 Å². The third-order valence-electron chi connectivity index (χ3n) is 3.45. The summed E-state index contributed by atoms with van der Waals surface area (Å²) >= 11 is 6.29. The van der Waals surface area contributed by atoms with Gasteiger partial charge in [0.15, 0.2) is 5.82 Å². The lowest BCUT2D eigenvalue weighted by Gasteiger charge is -2.19. The molecule has 0 aliphatic carbocycles. The van der Waals surface area contributed by atoms with Crippen LogP contribution in [0.1, 0.15) is 29.0 Å². The molecule has 1 saturated heterocycles. The van der Waals surface area contributed by atoms with E-state index < -0.39 is 0 Å². The Hall–Kier alpha value is -2.15. The second-order valence-corrected chi connectivity index (χ2v) is 5.28. The maximum atomic E-state index is 12.1. The van der Waals surface area contributed by atoms with Crippen molar-refractivity contribution in [3.63, 3.8) is 0 Å². The number of anilines is 1. The van der Waals surface area contributed by atoms with Crippen molar-refractivity contribution in [3.05, 3.63) is 34.6 Å². The normalized spacial score (nSPS) is 14.4. The van der Waals surface area contributed by atoms with Crippen molar-refractivity contribution in [2.45, 2.75) is 19.4 Å². The van der Waals surface area contributed by atoms with Gasteiger partial charge in [-0.2, -0.15) is 5.21 Å². The van der Waals surface area contributed by atoms with E-state index in [1.807, 2.05) is 6.07 Å². The average Bonchev–Trinajstić information content (AvgIpc) is 3.17. The van der Waals surface area contributed by atoms with Gasteiger partial charge in [0.2, 0.25) is 0 Å². The number of tetrazole rings is 1. The van der Waals surface area contributed by atoms with Gasteiger partial charge in [0.05, 0.1) is 17.3 Å². The highest BCUT2D eigenvalue weighted by atomic mass is 35.5. The molecular weight excluding hydrogens is 292 g/mol. The van der Waals surface area contributed by atoms with Crippen LogP contribution in [0, 0.1) is 0 Å². The zero-order valence-corrected chi connectivity index (χ0v) is 12.1. The summed E-state index contributed by atoms with van der Waals surface area (Å²) in [6.45, 7) is 2.26. The Morgan fingerprint density at radius 2 is 2.19 bits per heavy atom. The maximum absolute atomic E-state index is 12.1. The van der Waals surface area contributed by atoms with Gasteiger partial charge in [0, 0.05) is 18.7 Å². The van der Waals surface area contributed by atoms with E-state index in [4.69, 9.17) is 11.6 Å². The van der Waals surface area contributed by atoms with Crippen LogP contribution in [0.2, 0.25) is 5.02 Å². The van der Waals surface area contributed by atoms with E-state index in [9.17, 15) is 4.79 Å². The number of hydrogen-bond acceptors (Lipinski definition) is 5. The van der Waals surface area contributed by atoms with Gasteiger partial charge in [0.25, 0.3) is 5.91 Å². The fourth-order valence-electron chi connectivity index (χ4n) is 2.38. The number of halogens is 1. The van der Waals surface area contributed by atoms with E-state index in [0.29, 0.717) is 16.4 Å². The highest BCUT2D eigenvalue weighted by Crippen LogP contribution is 2.29. The van der Waals surface area contributed by atoms with Gasteiger partial charge < -0.3 is 10.2 Å².